The van der Waals surface area contributed by atoms with Crippen LogP contribution in [0.2, 0.25) is 0 Å². The van der Waals surface area contributed by atoms with Gasteiger partial charge in [-0.25, -0.2) is 8.78 Å². The second-order valence-corrected chi connectivity index (χ2v) is 5.49. The molecule has 0 saturated heterocycles. The van der Waals surface area contributed by atoms with Crippen molar-refractivity contribution < 1.29 is 13.6 Å². The number of hydrogen-bond donors (Lipinski definition) is 0. The Balaban J connectivity index is 2.01. The van der Waals surface area contributed by atoms with E-state index in [4.69, 9.17) is 0 Å². The Hall–Kier alpha value is -1.25. The molecular weight excluding hydrogens is 246 g/mol. The van der Waals surface area contributed by atoms with E-state index >= 15 is 0 Å². The Morgan fingerprint density at radius 3 is 2.47 bits per heavy atom. The van der Waals surface area contributed by atoms with E-state index in [0.29, 0.717) is 11.5 Å². The van der Waals surface area contributed by atoms with E-state index in [1.165, 1.54) is 6.07 Å². The van der Waals surface area contributed by atoms with E-state index in [9.17, 15) is 13.6 Å². The molecule has 0 heterocycles. The first kappa shape index (κ1) is 14.2. The molecule has 1 aromatic carbocycles. The molecule has 1 atom stereocenters. The summed E-state index contributed by atoms with van der Waals surface area (Å²) in [6.07, 6.45) is 5.62. The molecule has 0 radical (unpaired) electrons. The topological polar surface area (TPSA) is 17.1 Å². The first-order valence-corrected chi connectivity index (χ1v) is 7.06. The minimum absolute atomic E-state index is 0.138. The molecular formula is C16H20F2O. The summed E-state index contributed by atoms with van der Waals surface area (Å²) in [7, 11) is 0. The van der Waals surface area contributed by atoms with Gasteiger partial charge in [0.25, 0.3) is 0 Å². The van der Waals surface area contributed by atoms with Gasteiger partial charge < -0.3 is 4.79 Å². The van der Waals surface area contributed by atoms with E-state index < -0.39 is 11.6 Å². The van der Waals surface area contributed by atoms with Crippen molar-refractivity contribution in [2.45, 2.75) is 44.9 Å². The minimum atomic E-state index is -0.526. The van der Waals surface area contributed by atoms with Crippen molar-refractivity contribution in [2.75, 3.05) is 0 Å². The van der Waals surface area contributed by atoms with Crippen LogP contribution in [0.15, 0.2) is 18.2 Å². The third-order valence-corrected chi connectivity index (χ3v) is 4.43. The first-order valence-electron chi connectivity index (χ1n) is 7.06. The zero-order chi connectivity index (χ0) is 13.8. The molecule has 0 aromatic heterocycles. The molecule has 1 unspecified atom stereocenters. The number of carbonyl (C=O) groups excluding carboxylic acids is 1. The third kappa shape index (κ3) is 3.20. The van der Waals surface area contributed by atoms with Gasteiger partial charge in [0.15, 0.2) is 0 Å². The monoisotopic (exact) mass is 266 g/mol. The van der Waals surface area contributed by atoms with Crippen LogP contribution in [-0.2, 0) is 4.79 Å². The van der Waals surface area contributed by atoms with Crippen LogP contribution in [0, 0.1) is 23.5 Å². The van der Waals surface area contributed by atoms with E-state index in [2.05, 4.69) is 0 Å². The van der Waals surface area contributed by atoms with E-state index in [-0.39, 0.29) is 11.8 Å². The molecule has 1 aromatic rings. The van der Waals surface area contributed by atoms with Gasteiger partial charge in [-0.2, -0.15) is 0 Å². The van der Waals surface area contributed by atoms with Crippen molar-refractivity contribution >= 4 is 6.29 Å². The van der Waals surface area contributed by atoms with Crippen LogP contribution in [0.5, 0.6) is 0 Å². The van der Waals surface area contributed by atoms with Crippen LogP contribution in [0.1, 0.15) is 50.5 Å². The number of rotatable bonds is 4. The zero-order valence-corrected chi connectivity index (χ0v) is 11.2. The first-order chi connectivity index (χ1) is 9.15. The molecule has 1 aliphatic rings. The van der Waals surface area contributed by atoms with Crippen LogP contribution in [0.3, 0.4) is 0 Å². The zero-order valence-electron chi connectivity index (χ0n) is 11.2. The number of hydrogen-bond acceptors (Lipinski definition) is 1. The lowest BCUT2D eigenvalue weighted by atomic mass is 9.73. The highest BCUT2D eigenvalue weighted by Gasteiger charge is 2.28. The second-order valence-electron chi connectivity index (χ2n) is 5.49. The van der Waals surface area contributed by atoms with Gasteiger partial charge in [0, 0.05) is 12.0 Å². The Morgan fingerprint density at radius 1 is 1.26 bits per heavy atom. The van der Waals surface area contributed by atoms with Crippen molar-refractivity contribution in [1.82, 2.24) is 0 Å². The fraction of sp³-hybridized carbons (Fsp3) is 0.562. The van der Waals surface area contributed by atoms with Crippen LogP contribution < -0.4 is 0 Å². The molecule has 104 valence electrons. The third-order valence-electron chi connectivity index (χ3n) is 4.43. The van der Waals surface area contributed by atoms with Crippen molar-refractivity contribution in [3.8, 4) is 0 Å². The summed E-state index contributed by atoms with van der Waals surface area (Å²) >= 11 is 0. The average Bonchev–Trinajstić information content (AvgIpc) is 2.41. The number of benzene rings is 1. The highest BCUT2D eigenvalue weighted by Crippen LogP contribution is 2.39. The largest absolute Gasteiger partial charge is 0.303 e. The molecule has 0 bridgehead atoms. The lowest BCUT2D eigenvalue weighted by Gasteiger charge is -2.31. The summed E-state index contributed by atoms with van der Waals surface area (Å²) < 4.78 is 26.6. The maximum atomic E-state index is 13.7. The summed E-state index contributed by atoms with van der Waals surface area (Å²) in [5.41, 5.74) is 0.624. The molecule has 0 spiro atoms. The van der Waals surface area contributed by atoms with Gasteiger partial charge in [0.05, 0.1) is 0 Å². The fourth-order valence-corrected chi connectivity index (χ4v) is 3.23. The lowest BCUT2D eigenvalue weighted by molar-refractivity contribution is -0.113. The molecule has 1 fully saturated rings. The number of carbonyl (C=O) groups is 1. The van der Waals surface area contributed by atoms with Crippen LogP contribution >= 0.6 is 0 Å². The molecule has 1 saturated carbocycles. The van der Waals surface area contributed by atoms with Crippen molar-refractivity contribution in [3.63, 3.8) is 0 Å². The summed E-state index contributed by atoms with van der Waals surface area (Å²) in [5.74, 6) is -0.227. The standard InChI is InChI=1S/C16H20F2O/c1-2-11(10-19)12-3-5-13(6-4-12)15-8-7-14(17)9-16(15)18/h7-13H,2-6H2,1H3. The predicted molar refractivity (Wildman–Crippen MR) is 70.9 cm³/mol. The van der Waals surface area contributed by atoms with Crippen molar-refractivity contribution in [1.29, 1.82) is 0 Å². The SMILES string of the molecule is CCC(C=O)C1CCC(c2ccc(F)cc2F)CC1. The summed E-state index contributed by atoms with van der Waals surface area (Å²) in [6.45, 7) is 2.03. The Kier molecular flexibility index (Phi) is 4.67. The van der Waals surface area contributed by atoms with Gasteiger partial charge in [0.1, 0.15) is 17.9 Å². The van der Waals surface area contributed by atoms with Gasteiger partial charge in [-0.1, -0.05) is 13.0 Å². The van der Waals surface area contributed by atoms with Crippen molar-refractivity contribution in [3.05, 3.63) is 35.4 Å². The fourth-order valence-electron chi connectivity index (χ4n) is 3.23. The van der Waals surface area contributed by atoms with Gasteiger partial charge >= 0.3 is 0 Å². The van der Waals surface area contributed by atoms with Gasteiger partial charge in [0.2, 0.25) is 0 Å². The smallest absolute Gasteiger partial charge is 0.129 e. The van der Waals surface area contributed by atoms with Crippen LogP contribution in [-0.4, -0.2) is 6.29 Å². The molecule has 0 N–H and O–H groups in total. The summed E-state index contributed by atoms with van der Waals surface area (Å²) in [4.78, 5) is 11.0. The van der Waals surface area contributed by atoms with Crippen molar-refractivity contribution in [2.24, 2.45) is 11.8 Å². The Bertz CT molecular complexity index is 436. The number of halogens is 2. The Labute approximate surface area is 113 Å². The molecule has 0 aliphatic heterocycles. The molecule has 1 aliphatic carbocycles. The highest BCUT2D eigenvalue weighted by molar-refractivity contribution is 5.53. The predicted octanol–water partition coefficient (Wildman–Crippen LogP) is 4.46. The van der Waals surface area contributed by atoms with Gasteiger partial charge in [-0.3, -0.25) is 0 Å². The normalized spacial score (nSPS) is 25.0. The number of aldehydes is 1. The van der Waals surface area contributed by atoms with E-state index in [1.54, 1.807) is 6.07 Å². The summed E-state index contributed by atoms with van der Waals surface area (Å²) in [6, 6.07) is 3.85. The van der Waals surface area contributed by atoms with Crippen LogP contribution in [0.25, 0.3) is 0 Å². The quantitative estimate of drug-likeness (QED) is 0.735. The van der Waals surface area contributed by atoms with Gasteiger partial charge in [-0.15, -0.1) is 0 Å². The van der Waals surface area contributed by atoms with Crippen LogP contribution in [0.4, 0.5) is 8.78 Å². The minimum Gasteiger partial charge on any atom is -0.303 e. The Morgan fingerprint density at radius 2 is 1.95 bits per heavy atom. The van der Waals surface area contributed by atoms with Gasteiger partial charge in [-0.05, 0) is 55.6 Å². The molecule has 2 rings (SSSR count). The second kappa shape index (κ2) is 6.27. The molecule has 19 heavy (non-hydrogen) atoms. The lowest BCUT2D eigenvalue weighted by Crippen LogP contribution is -2.22. The van der Waals surface area contributed by atoms with E-state index in [1.807, 2.05) is 6.92 Å². The molecule has 3 heteroatoms. The maximum absolute atomic E-state index is 13.7. The van der Waals surface area contributed by atoms with E-state index in [0.717, 1.165) is 44.5 Å². The average molecular weight is 266 g/mol. The maximum Gasteiger partial charge on any atom is 0.129 e. The summed E-state index contributed by atoms with van der Waals surface area (Å²) in [5, 5.41) is 0. The highest BCUT2D eigenvalue weighted by atomic mass is 19.1. The molecule has 1 nitrogen and oxygen atoms in total. The molecule has 0 amide bonds.